The van der Waals surface area contributed by atoms with Gasteiger partial charge in [0.1, 0.15) is 23.1 Å². The van der Waals surface area contributed by atoms with Gasteiger partial charge in [0.15, 0.2) is 0 Å². The van der Waals surface area contributed by atoms with E-state index in [9.17, 15) is 13.6 Å². The van der Waals surface area contributed by atoms with E-state index in [0.29, 0.717) is 29.9 Å². The highest BCUT2D eigenvalue weighted by Gasteiger charge is 2.09. The summed E-state index contributed by atoms with van der Waals surface area (Å²) in [4.78, 5) is 20.3. The second-order valence-electron chi connectivity index (χ2n) is 5.83. The molecule has 0 aliphatic carbocycles. The molecule has 3 rings (SSSR count). The molecule has 1 heterocycles. The van der Waals surface area contributed by atoms with Gasteiger partial charge in [-0.2, -0.15) is 0 Å². The number of nitrogens with zero attached hydrogens (tertiary/aromatic N) is 2. The van der Waals surface area contributed by atoms with E-state index in [1.807, 2.05) is 0 Å². The van der Waals surface area contributed by atoms with E-state index < -0.39 is 5.91 Å². The molecule has 0 unspecified atom stereocenters. The van der Waals surface area contributed by atoms with E-state index in [1.54, 1.807) is 36.4 Å². The second-order valence-corrected chi connectivity index (χ2v) is 5.83. The van der Waals surface area contributed by atoms with E-state index in [0.717, 1.165) is 0 Å². The van der Waals surface area contributed by atoms with E-state index in [4.69, 9.17) is 0 Å². The molecule has 3 aromatic rings. The molecule has 0 fully saturated rings. The molecule has 1 aromatic heterocycles. The summed E-state index contributed by atoms with van der Waals surface area (Å²) in [6.07, 6.45) is 3.26. The van der Waals surface area contributed by atoms with Crippen LogP contribution in [0.1, 0.15) is 21.6 Å². The van der Waals surface area contributed by atoms with Crippen LogP contribution in [-0.4, -0.2) is 22.4 Å². The van der Waals surface area contributed by atoms with Crippen LogP contribution in [0.25, 0.3) is 0 Å². The first-order valence-corrected chi connectivity index (χ1v) is 8.44. The van der Waals surface area contributed by atoms with Crippen LogP contribution in [0.4, 0.5) is 14.6 Å². The first-order chi connectivity index (χ1) is 13.1. The van der Waals surface area contributed by atoms with Gasteiger partial charge < -0.3 is 10.6 Å². The number of nitrogens with one attached hydrogen (secondary N) is 2. The molecule has 27 heavy (non-hydrogen) atoms. The van der Waals surface area contributed by atoms with Crippen LogP contribution in [0.15, 0.2) is 60.9 Å². The molecular weight excluding hydrogens is 350 g/mol. The minimum Gasteiger partial charge on any atom is -0.368 e. The molecule has 1 amide bonds. The highest BCUT2D eigenvalue weighted by Crippen LogP contribution is 2.09. The largest absolute Gasteiger partial charge is 0.368 e. The predicted molar refractivity (Wildman–Crippen MR) is 98.2 cm³/mol. The molecular formula is C20H18F2N4O. The monoisotopic (exact) mass is 368 g/mol. The van der Waals surface area contributed by atoms with Crippen molar-refractivity contribution in [3.05, 3.63) is 89.4 Å². The number of hydrogen-bond acceptors (Lipinski definition) is 4. The van der Waals surface area contributed by atoms with Crippen molar-refractivity contribution in [2.75, 3.05) is 11.9 Å². The molecule has 7 heteroatoms. The van der Waals surface area contributed by atoms with Crippen molar-refractivity contribution in [3.8, 4) is 0 Å². The number of rotatable bonds is 7. The zero-order chi connectivity index (χ0) is 19.1. The third kappa shape index (κ3) is 5.07. The van der Waals surface area contributed by atoms with Crippen LogP contribution in [0, 0.1) is 11.6 Å². The lowest BCUT2D eigenvalue weighted by atomic mass is 10.1. The van der Waals surface area contributed by atoms with Crippen LogP contribution < -0.4 is 10.6 Å². The van der Waals surface area contributed by atoms with Crippen LogP contribution in [0.2, 0.25) is 0 Å². The second kappa shape index (κ2) is 8.84. The normalized spacial score (nSPS) is 10.4. The van der Waals surface area contributed by atoms with Gasteiger partial charge >= 0.3 is 0 Å². The minimum atomic E-state index is -0.441. The van der Waals surface area contributed by atoms with Crippen LogP contribution in [-0.2, 0) is 13.0 Å². The zero-order valence-corrected chi connectivity index (χ0v) is 14.5. The van der Waals surface area contributed by atoms with Crippen molar-refractivity contribution in [1.29, 1.82) is 0 Å². The van der Waals surface area contributed by atoms with E-state index in [-0.39, 0.29) is 23.9 Å². The average molecular weight is 368 g/mol. The molecule has 0 saturated heterocycles. The summed E-state index contributed by atoms with van der Waals surface area (Å²) in [6, 6.07) is 12.8. The number of halogens is 2. The Hall–Kier alpha value is -3.35. The maximum Gasteiger partial charge on any atom is 0.271 e. The molecule has 5 nitrogen and oxygen atoms in total. The van der Waals surface area contributed by atoms with Gasteiger partial charge in [0.25, 0.3) is 5.91 Å². The number of anilines is 1. The van der Waals surface area contributed by atoms with Gasteiger partial charge in [-0.15, -0.1) is 0 Å². The lowest BCUT2D eigenvalue weighted by Crippen LogP contribution is -2.24. The molecule has 138 valence electrons. The quantitative estimate of drug-likeness (QED) is 0.671. The van der Waals surface area contributed by atoms with Gasteiger partial charge in [-0.1, -0.05) is 36.4 Å². The number of hydrogen-bond donors (Lipinski definition) is 2. The van der Waals surface area contributed by atoms with Gasteiger partial charge in [0, 0.05) is 18.7 Å². The van der Waals surface area contributed by atoms with Crippen molar-refractivity contribution in [3.63, 3.8) is 0 Å². The summed E-state index contributed by atoms with van der Waals surface area (Å²) in [5, 5.41) is 5.63. The summed E-state index contributed by atoms with van der Waals surface area (Å²) in [7, 11) is 0. The van der Waals surface area contributed by atoms with Crippen molar-refractivity contribution in [2.24, 2.45) is 0 Å². The third-order valence-corrected chi connectivity index (χ3v) is 3.94. The van der Waals surface area contributed by atoms with Crippen LogP contribution in [0.3, 0.4) is 0 Å². The van der Waals surface area contributed by atoms with Crippen molar-refractivity contribution in [2.45, 2.75) is 13.0 Å². The number of amides is 1. The third-order valence-electron chi connectivity index (χ3n) is 3.94. The van der Waals surface area contributed by atoms with Gasteiger partial charge in [-0.25, -0.2) is 18.7 Å². The van der Waals surface area contributed by atoms with Crippen molar-refractivity contribution in [1.82, 2.24) is 15.3 Å². The number of benzene rings is 2. The summed E-state index contributed by atoms with van der Waals surface area (Å²) >= 11 is 0. The molecule has 2 aromatic carbocycles. The molecule has 0 bridgehead atoms. The van der Waals surface area contributed by atoms with Gasteiger partial charge in [0.05, 0.1) is 12.4 Å². The molecule has 2 N–H and O–H groups in total. The Morgan fingerprint density at radius 2 is 1.56 bits per heavy atom. The Labute approximate surface area is 155 Å². The molecule has 0 atom stereocenters. The standard InChI is InChI=1S/C20H18F2N4O/c21-16-7-3-1-5-14(16)9-10-23-19-13-24-18(12-25-19)20(27)26-11-15-6-2-4-8-17(15)22/h1-8,12-13H,9-11H2,(H,23,25)(H,26,27). The van der Waals surface area contributed by atoms with Gasteiger partial charge in [-0.05, 0) is 24.1 Å². The Bertz CT molecular complexity index is 916. The van der Waals surface area contributed by atoms with Crippen molar-refractivity contribution >= 4 is 11.7 Å². The highest BCUT2D eigenvalue weighted by molar-refractivity contribution is 5.91. The lowest BCUT2D eigenvalue weighted by molar-refractivity contribution is 0.0945. The fourth-order valence-electron chi connectivity index (χ4n) is 2.47. The molecule has 0 radical (unpaired) electrons. The van der Waals surface area contributed by atoms with Crippen LogP contribution >= 0.6 is 0 Å². The van der Waals surface area contributed by atoms with Crippen molar-refractivity contribution < 1.29 is 13.6 Å². The van der Waals surface area contributed by atoms with E-state index in [1.165, 1.54) is 24.5 Å². The summed E-state index contributed by atoms with van der Waals surface area (Å²) in [6.45, 7) is 0.546. The fraction of sp³-hybridized carbons (Fsp3) is 0.150. The summed E-state index contributed by atoms with van der Waals surface area (Å²) < 4.78 is 27.1. The molecule has 0 spiro atoms. The maximum atomic E-state index is 13.6. The maximum absolute atomic E-state index is 13.6. The topological polar surface area (TPSA) is 66.9 Å². The Balaban J connectivity index is 1.50. The SMILES string of the molecule is O=C(NCc1ccccc1F)c1cnc(NCCc2ccccc2F)cn1. The number of carbonyl (C=O) groups is 1. The average Bonchev–Trinajstić information content (AvgIpc) is 2.69. The van der Waals surface area contributed by atoms with Crippen LogP contribution in [0.5, 0.6) is 0 Å². The van der Waals surface area contributed by atoms with E-state index in [2.05, 4.69) is 20.6 Å². The predicted octanol–water partition coefficient (Wildman–Crippen LogP) is 3.34. The number of carbonyl (C=O) groups excluding carboxylic acids is 1. The first-order valence-electron chi connectivity index (χ1n) is 8.44. The summed E-state index contributed by atoms with van der Waals surface area (Å²) in [5.74, 6) is -0.578. The van der Waals surface area contributed by atoms with E-state index >= 15 is 0 Å². The molecule has 0 saturated carbocycles. The lowest BCUT2D eigenvalue weighted by Gasteiger charge is -2.08. The van der Waals surface area contributed by atoms with Gasteiger partial charge in [0.2, 0.25) is 0 Å². The number of aromatic nitrogens is 2. The van der Waals surface area contributed by atoms with Gasteiger partial charge in [-0.3, -0.25) is 4.79 Å². The Kier molecular flexibility index (Phi) is 6.04. The smallest absolute Gasteiger partial charge is 0.271 e. The Morgan fingerprint density at radius 1 is 0.889 bits per heavy atom. The fourth-order valence-corrected chi connectivity index (χ4v) is 2.47. The molecule has 0 aliphatic heterocycles. The highest BCUT2D eigenvalue weighted by atomic mass is 19.1. The molecule has 0 aliphatic rings. The zero-order valence-electron chi connectivity index (χ0n) is 14.5. The summed E-state index contributed by atoms with van der Waals surface area (Å²) in [5.41, 5.74) is 1.14. The minimum absolute atomic E-state index is 0.0653. The Morgan fingerprint density at radius 3 is 2.19 bits per heavy atom. The first kappa shape index (κ1) is 18.4.